The Hall–Kier alpha value is -2.56. The molecule has 0 saturated carbocycles. The number of ether oxygens (including phenoxy) is 1. The number of hydrogen-bond donors (Lipinski definition) is 2. The normalized spacial score (nSPS) is 12.4. The van der Waals surface area contributed by atoms with Crippen molar-refractivity contribution in [2.45, 2.75) is 13.3 Å². The molecule has 1 aliphatic rings. The Bertz CT molecular complexity index is 653. The van der Waals surface area contributed by atoms with Gasteiger partial charge in [-0.05, 0) is 37.1 Å². The fraction of sp³-hybridized carbons (Fsp3) is 0.250. The summed E-state index contributed by atoms with van der Waals surface area (Å²) >= 11 is 0. The van der Waals surface area contributed by atoms with Crippen molar-refractivity contribution in [1.82, 2.24) is 4.98 Å². The molecule has 2 heterocycles. The summed E-state index contributed by atoms with van der Waals surface area (Å²) in [5.41, 5.74) is 3.59. The zero-order valence-corrected chi connectivity index (χ0v) is 11.8. The Morgan fingerprint density at radius 3 is 3.05 bits per heavy atom. The molecule has 1 amide bonds. The largest absolute Gasteiger partial charge is 0.478 e. The molecule has 2 N–H and O–H groups in total. The number of anilines is 2. The molecule has 3 rings (SSSR count). The lowest BCUT2D eigenvalue weighted by Crippen LogP contribution is -2.12. The zero-order valence-electron chi connectivity index (χ0n) is 11.8. The molecule has 5 nitrogen and oxygen atoms in total. The maximum Gasteiger partial charge on any atom is 0.255 e. The monoisotopic (exact) mass is 283 g/mol. The molecule has 0 atom stereocenters. The molecule has 21 heavy (non-hydrogen) atoms. The second kappa shape index (κ2) is 5.83. The van der Waals surface area contributed by atoms with Crippen LogP contribution < -0.4 is 15.4 Å². The van der Waals surface area contributed by atoms with E-state index in [1.165, 1.54) is 5.56 Å². The van der Waals surface area contributed by atoms with E-state index in [4.69, 9.17) is 4.74 Å². The van der Waals surface area contributed by atoms with Gasteiger partial charge in [0.25, 0.3) is 5.91 Å². The summed E-state index contributed by atoms with van der Waals surface area (Å²) in [6.45, 7) is 3.41. The quantitative estimate of drug-likeness (QED) is 0.905. The molecule has 0 unspecified atom stereocenters. The smallest absolute Gasteiger partial charge is 0.255 e. The Morgan fingerprint density at radius 2 is 2.29 bits per heavy atom. The number of carbonyl (C=O) groups is 1. The Kier molecular flexibility index (Phi) is 3.73. The third kappa shape index (κ3) is 2.97. The van der Waals surface area contributed by atoms with Gasteiger partial charge in [0.1, 0.15) is 0 Å². The molecule has 108 valence electrons. The van der Waals surface area contributed by atoms with E-state index < -0.39 is 0 Å². The predicted molar refractivity (Wildman–Crippen MR) is 82.0 cm³/mol. The summed E-state index contributed by atoms with van der Waals surface area (Å²) in [5.74, 6) is 0.412. The standard InChI is InChI=1S/C16H17N3O2/c1-2-21-15-6-5-13(10-18-15)19-16(20)12-4-3-11-7-8-17-14(11)9-12/h3-6,9-10,17H,2,7-8H2,1H3,(H,19,20). The van der Waals surface area contributed by atoms with Gasteiger partial charge in [-0.2, -0.15) is 0 Å². The lowest BCUT2D eigenvalue weighted by Gasteiger charge is -2.08. The minimum Gasteiger partial charge on any atom is -0.478 e. The molecular weight excluding hydrogens is 266 g/mol. The van der Waals surface area contributed by atoms with Gasteiger partial charge in [0.05, 0.1) is 18.5 Å². The van der Waals surface area contributed by atoms with Gasteiger partial charge < -0.3 is 15.4 Å². The number of nitrogens with zero attached hydrogens (tertiary/aromatic N) is 1. The van der Waals surface area contributed by atoms with Crippen LogP contribution in [0.15, 0.2) is 36.5 Å². The maximum atomic E-state index is 12.2. The number of carbonyl (C=O) groups excluding carboxylic acids is 1. The van der Waals surface area contributed by atoms with Crippen LogP contribution in [0.2, 0.25) is 0 Å². The van der Waals surface area contributed by atoms with Crippen LogP contribution in [0, 0.1) is 0 Å². The predicted octanol–water partition coefficient (Wildman–Crippen LogP) is 2.70. The van der Waals surface area contributed by atoms with Crippen molar-refractivity contribution >= 4 is 17.3 Å². The molecular formula is C16H17N3O2. The Balaban J connectivity index is 1.71. The van der Waals surface area contributed by atoms with Crippen molar-refractivity contribution in [2.75, 3.05) is 23.8 Å². The van der Waals surface area contributed by atoms with Crippen LogP contribution in [0.4, 0.5) is 11.4 Å². The van der Waals surface area contributed by atoms with Crippen molar-refractivity contribution < 1.29 is 9.53 Å². The van der Waals surface area contributed by atoms with Gasteiger partial charge in [-0.15, -0.1) is 0 Å². The van der Waals surface area contributed by atoms with E-state index >= 15 is 0 Å². The average Bonchev–Trinajstić information content (AvgIpc) is 2.97. The first-order valence-electron chi connectivity index (χ1n) is 7.03. The molecule has 0 aliphatic carbocycles. The van der Waals surface area contributed by atoms with Crippen molar-refractivity contribution in [1.29, 1.82) is 0 Å². The van der Waals surface area contributed by atoms with Crippen LogP contribution >= 0.6 is 0 Å². The van der Waals surface area contributed by atoms with Crippen LogP contribution in [0.25, 0.3) is 0 Å². The first-order valence-corrected chi connectivity index (χ1v) is 7.03. The summed E-state index contributed by atoms with van der Waals surface area (Å²) in [6, 6.07) is 9.26. The summed E-state index contributed by atoms with van der Waals surface area (Å²) in [6.07, 6.45) is 2.61. The van der Waals surface area contributed by atoms with Crippen LogP contribution in [0.1, 0.15) is 22.8 Å². The number of benzene rings is 1. The van der Waals surface area contributed by atoms with E-state index in [0.717, 1.165) is 18.7 Å². The molecule has 1 aromatic heterocycles. The van der Waals surface area contributed by atoms with E-state index in [2.05, 4.69) is 15.6 Å². The fourth-order valence-electron chi connectivity index (χ4n) is 2.32. The van der Waals surface area contributed by atoms with Crippen molar-refractivity contribution in [3.8, 4) is 5.88 Å². The zero-order chi connectivity index (χ0) is 14.7. The van der Waals surface area contributed by atoms with Gasteiger partial charge in [0.15, 0.2) is 0 Å². The number of fused-ring (bicyclic) bond motifs is 1. The highest BCUT2D eigenvalue weighted by Crippen LogP contribution is 2.23. The third-order valence-electron chi connectivity index (χ3n) is 3.37. The molecule has 5 heteroatoms. The SMILES string of the molecule is CCOc1ccc(NC(=O)c2ccc3c(c2)NCC3)cn1. The molecule has 1 aromatic carbocycles. The highest BCUT2D eigenvalue weighted by Gasteiger charge is 2.13. The van der Waals surface area contributed by atoms with E-state index in [0.29, 0.717) is 23.7 Å². The van der Waals surface area contributed by atoms with Gasteiger partial charge in [-0.3, -0.25) is 4.79 Å². The minimum absolute atomic E-state index is 0.141. The van der Waals surface area contributed by atoms with E-state index in [1.807, 2.05) is 25.1 Å². The van der Waals surface area contributed by atoms with E-state index in [9.17, 15) is 4.79 Å². The van der Waals surface area contributed by atoms with Crippen molar-refractivity contribution in [3.05, 3.63) is 47.7 Å². The average molecular weight is 283 g/mol. The van der Waals surface area contributed by atoms with Crippen LogP contribution in [-0.4, -0.2) is 24.0 Å². The highest BCUT2D eigenvalue weighted by atomic mass is 16.5. The van der Waals surface area contributed by atoms with Gasteiger partial charge >= 0.3 is 0 Å². The first kappa shape index (κ1) is 13.4. The van der Waals surface area contributed by atoms with E-state index in [1.54, 1.807) is 18.3 Å². The van der Waals surface area contributed by atoms with Crippen LogP contribution in [-0.2, 0) is 6.42 Å². The van der Waals surface area contributed by atoms with Gasteiger partial charge in [0, 0.05) is 23.9 Å². The van der Waals surface area contributed by atoms with Crippen LogP contribution in [0.5, 0.6) is 5.88 Å². The number of aromatic nitrogens is 1. The maximum absolute atomic E-state index is 12.2. The second-order valence-corrected chi connectivity index (χ2v) is 4.82. The number of hydrogen-bond acceptors (Lipinski definition) is 4. The molecule has 0 spiro atoms. The van der Waals surface area contributed by atoms with Gasteiger partial charge in [0.2, 0.25) is 5.88 Å². The summed E-state index contributed by atoms with van der Waals surface area (Å²) in [4.78, 5) is 16.4. The topological polar surface area (TPSA) is 63.2 Å². The van der Waals surface area contributed by atoms with E-state index in [-0.39, 0.29) is 5.91 Å². The number of pyridine rings is 1. The Morgan fingerprint density at radius 1 is 1.38 bits per heavy atom. The highest BCUT2D eigenvalue weighted by molar-refractivity contribution is 6.04. The number of amides is 1. The summed E-state index contributed by atoms with van der Waals surface area (Å²) in [5, 5.41) is 6.11. The molecule has 0 saturated heterocycles. The molecule has 0 fully saturated rings. The minimum atomic E-state index is -0.141. The Labute approximate surface area is 123 Å². The fourth-order valence-corrected chi connectivity index (χ4v) is 2.32. The van der Waals surface area contributed by atoms with Gasteiger partial charge in [-0.25, -0.2) is 4.98 Å². The molecule has 1 aliphatic heterocycles. The van der Waals surface area contributed by atoms with Crippen molar-refractivity contribution in [3.63, 3.8) is 0 Å². The van der Waals surface area contributed by atoms with Crippen LogP contribution in [0.3, 0.4) is 0 Å². The van der Waals surface area contributed by atoms with Gasteiger partial charge in [-0.1, -0.05) is 6.07 Å². The number of nitrogens with one attached hydrogen (secondary N) is 2. The number of rotatable bonds is 4. The molecule has 2 aromatic rings. The summed E-state index contributed by atoms with van der Waals surface area (Å²) in [7, 11) is 0. The summed E-state index contributed by atoms with van der Waals surface area (Å²) < 4.78 is 5.27. The third-order valence-corrected chi connectivity index (χ3v) is 3.37. The molecule has 0 radical (unpaired) electrons. The lowest BCUT2D eigenvalue weighted by molar-refractivity contribution is 0.102. The first-order chi connectivity index (χ1) is 10.3. The van der Waals surface area contributed by atoms with Crippen molar-refractivity contribution in [2.24, 2.45) is 0 Å². The second-order valence-electron chi connectivity index (χ2n) is 4.82. The molecule has 0 bridgehead atoms. The lowest BCUT2D eigenvalue weighted by atomic mass is 10.1.